The SMILES string of the molecule is CCNC(=O)COc1c(C)cc(Br)cc1N. The first kappa shape index (κ1) is 12.8. The molecule has 88 valence electrons. The van der Waals surface area contributed by atoms with Crippen molar-refractivity contribution in [3.05, 3.63) is 22.2 Å². The van der Waals surface area contributed by atoms with Crippen LogP contribution < -0.4 is 15.8 Å². The fourth-order valence-corrected chi connectivity index (χ4v) is 1.93. The van der Waals surface area contributed by atoms with Crippen LogP contribution in [0.15, 0.2) is 16.6 Å². The molecule has 0 aromatic heterocycles. The highest BCUT2D eigenvalue weighted by atomic mass is 79.9. The number of nitrogen functional groups attached to an aromatic ring is 1. The van der Waals surface area contributed by atoms with E-state index in [1.54, 1.807) is 6.07 Å². The molecule has 1 amide bonds. The second kappa shape index (κ2) is 5.75. The maximum atomic E-state index is 11.2. The molecule has 0 heterocycles. The molecule has 0 spiro atoms. The van der Waals surface area contributed by atoms with Crippen LogP contribution in [0.4, 0.5) is 5.69 Å². The van der Waals surface area contributed by atoms with Gasteiger partial charge in [0.25, 0.3) is 5.91 Å². The molecule has 5 heteroatoms. The summed E-state index contributed by atoms with van der Waals surface area (Å²) in [6, 6.07) is 3.64. The molecular formula is C11H15BrN2O2. The zero-order chi connectivity index (χ0) is 12.1. The number of hydrogen-bond acceptors (Lipinski definition) is 3. The van der Waals surface area contributed by atoms with E-state index in [2.05, 4.69) is 21.2 Å². The van der Waals surface area contributed by atoms with Crippen LogP contribution in [-0.2, 0) is 4.79 Å². The van der Waals surface area contributed by atoms with Gasteiger partial charge in [-0.3, -0.25) is 4.79 Å². The van der Waals surface area contributed by atoms with Gasteiger partial charge in [0.05, 0.1) is 5.69 Å². The Balaban J connectivity index is 2.70. The van der Waals surface area contributed by atoms with Crippen molar-refractivity contribution < 1.29 is 9.53 Å². The maximum Gasteiger partial charge on any atom is 0.257 e. The molecule has 1 rings (SSSR count). The molecule has 0 aliphatic heterocycles. The van der Waals surface area contributed by atoms with Crippen LogP contribution in [0.3, 0.4) is 0 Å². The zero-order valence-electron chi connectivity index (χ0n) is 9.34. The Bertz CT molecular complexity index is 371. The molecule has 1 aromatic rings. The van der Waals surface area contributed by atoms with Gasteiger partial charge in [0.2, 0.25) is 0 Å². The number of nitrogens with one attached hydrogen (secondary N) is 1. The third-order valence-electron chi connectivity index (χ3n) is 1.99. The van der Waals surface area contributed by atoms with E-state index in [1.165, 1.54) is 0 Å². The number of rotatable bonds is 4. The van der Waals surface area contributed by atoms with Crippen LogP contribution in [-0.4, -0.2) is 19.1 Å². The number of carbonyl (C=O) groups is 1. The second-order valence-corrected chi connectivity index (χ2v) is 4.30. The number of carbonyl (C=O) groups excluding carboxylic acids is 1. The number of likely N-dealkylation sites (N-methyl/N-ethyl adjacent to an activating group) is 1. The van der Waals surface area contributed by atoms with E-state index in [1.807, 2.05) is 19.9 Å². The van der Waals surface area contributed by atoms with Crippen molar-refractivity contribution in [3.63, 3.8) is 0 Å². The molecule has 3 N–H and O–H groups in total. The number of nitrogens with two attached hydrogens (primary N) is 1. The molecule has 0 fully saturated rings. The average molecular weight is 287 g/mol. The van der Waals surface area contributed by atoms with Crippen LogP contribution in [0.5, 0.6) is 5.75 Å². The smallest absolute Gasteiger partial charge is 0.257 e. The van der Waals surface area contributed by atoms with E-state index >= 15 is 0 Å². The lowest BCUT2D eigenvalue weighted by Crippen LogP contribution is -2.28. The molecule has 0 aliphatic rings. The van der Waals surface area contributed by atoms with Crippen LogP contribution >= 0.6 is 15.9 Å². The van der Waals surface area contributed by atoms with Crippen molar-refractivity contribution in [1.82, 2.24) is 5.32 Å². The topological polar surface area (TPSA) is 64.3 Å². The summed E-state index contributed by atoms with van der Waals surface area (Å²) in [6.07, 6.45) is 0. The summed E-state index contributed by atoms with van der Waals surface area (Å²) in [5.74, 6) is 0.415. The maximum absolute atomic E-state index is 11.2. The van der Waals surface area contributed by atoms with Gasteiger partial charge < -0.3 is 15.8 Å². The predicted octanol–water partition coefficient (Wildman–Crippen LogP) is 1.85. The molecule has 0 radical (unpaired) electrons. The average Bonchev–Trinajstić information content (AvgIpc) is 2.16. The quantitative estimate of drug-likeness (QED) is 0.831. The zero-order valence-corrected chi connectivity index (χ0v) is 10.9. The molecule has 0 saturated heterocycles. The van der Waals surface area contributed by atoms with Gasteiger partial charge in [-0.15, -0.1) is 0 Å². The number of halogens is 1. The number of aryl methyl sites for hydroxylation is 1. The van der Waals surface area contributed by atoms with Gasteiger partial charge in [-0.25, -0.2) is 0 Å². The van der Waals surface area contributed by atoms with Crippen LogP contribution in [0.2, 0.25) is 0 Å². The monoisotopic (exact) mass is 286 g/mol. The highest BCUT2D eigenvalue weighted by molar-refractivity contribution is 9.10. The summed E-state index contributed by atoms with van der Waals surface area (Å²) in [5.41, 5.74) is 7.22. The molecule has 0 saturated carbocycles. The highest BCUT2D eigenvalue weighted by Gasteiger charge is 2.08. The molecule has 1 aromatic carbocycles. The lowest BCUT2D eigenvalue weighted by Gasteiger charge is -2.11. The summed E-state index contributed by atoms with van der Waals surface area (Å²) in [5, 5.41) is 2.65. The lowest BCUT2D eigenvalue weighted by atomic mass is 10.2. The van der Waals surface area contributed by atoms with Crippen molar-refractivity contribution in [1.29, 1.82) is 0 Å². The first-order chi connectivity index (χ1) is 7.54. The van der Waals surface area contributed by atoms with Gasteiger partial charge >= 0.3 is 0 Å². The van der Waals surface area contributed by atoms with Gasteiger partial charge in [0.15, 0.2) is 6.61 Å². The largest absolute Gasteiger partial charge is 0.481 e. The molecule has 0 atom stereocenters. The minimum absolute atomic E-state index is 0.0134. The van der Waals surface area contributed by atoms with E-state index in [-0.39, 0.29) is 12.5 Å². The Kier molecular flexibility index (Phi) is 4.61. The first-order valence-electron chi connectivity index (χ1n) is 4.99. The normalized spacial score (nSPS) is 9.94. The van der Waals surface area contributed by atoms with Crippen LogP contribution in [0.25, 0.3) is 0 Å². The summed E-state index contributed by atoms with van der Waals surface area (Å²) in [4.78, 5) is 11.2. The number of ether oxygens (including phenoxy) is 1. The van der Waals surface area contributed by atoms with Gasteiger partial charge in [-0.1, -0.05) is 15.9 Å². The molecule has 16 heavy (non-hydrogen) atoms. The van der Waals surface area contributed by atoms with Crippen molar-refractivity contribution in [2.75, 3.05) is 18.9 Å². The fourth-order valence-electron chi connectivity index (χ4n) is 1.34. The van der Waals surface area contributed by atoms with E-state index in [9.17, 15) is 4.79 Å². The van der Waals surface area contributed by atoms with E-state index in [4.69, 9.17) is 10.5 Å². The second-order valence-electron chi connectivity index (χ2n) is 3.38. The van der Waals surface area contributed by atoms with E-state index in [0.29, 0.717) is 18.0 Å². The minimum Gasteiger partial charge on any atom is -0.481 e. The number of amides is 1. The van der Waals surface area contributed by atoms with Gasteiger partial charge in [-0.05, 0) is 31.5 Å². The summed E-state index contributed by atoms with van der Waals surface area (Å²) in [7, 11) is 0. The number of benzene rings is 1. The van der Waals surface area contributed by atoms with E-state index in [0.717, 1.165) is 10.0 Å². The van der Waals surface area contributed by atoms with Gasteiger partial charge in [0.1, 0.15) is 5.75 Å². The predicted molar refractivity (Wildman–Crippen MR) is 67.5 cm³/mol. The Hall–Kier alpha value is -1.23. The Morgan fingerprint density at radius 3 is 2.81 bits per heavy atom. The number of anilines is 1. The fraction of sp³-hybridized carbons (Fsp3) is 0.364. The lowest BCUT2D eigenvalue weighted by molar-refractivity contribution is -0.122. The standard InChI is InChI=1S/C11H15BrN2O2/c1-3-14-10(15)6-16-11-7(2)4-8(12)5-9(11)13/h4-5H,3,6,13H2,1-2H3,(H,14,15). The van der Waals surface area contributed by atoms with Crippen molar-refractivity contribution >= 4 is 27.5 Å². The molecular weight excluding hydrogens is 272 g/mol. The molecule has 0 bridgehead atoms. The summed E-state index contributed by atoms with van der Waals surface area (Å²) < 4.78 is 6.28. The highest BCUT2D eigenvalue weighted by Crippen LogP contribution is 2.29. The molecule has 0 unspecified atom stereocenters. The van der Waals surface area contributed by atoms with Crippen LogP contribution in [0.1, 0.15) is 12.5 Å². The first-order valence-corrected chi connectivity index (χ1v) is 5.79. The summed E-state index contributed by atoms with van der Waals surface area (Å²) in [6.45, 7) is 4.32. The Labute approximate surface area is 103 Å². The number of hydrogen-bond donors (Lipinski definition) is 2. The van der Waals surface area contributed by atoms with Crippen LogP contribution in [0, 0.1) is 6.92 Å². The minimum atomic E-state index is -0.149. The Morgan fingerprint density at radius 1 is 1.56 bits per heavy atom. The van der Waals surface area contributed by atoms with Crippen molar-refractivity contribution in [2.24, 2.45) is 0 Å². The van der Waals surface area contributed by atoms with Crippen molar-refractivity contribution in [2.45, 2.75) is 13.8 Å². The molecule has 4 nitrogen and oxygen atoms in total. The van der Waals surface area contributed by atoms with Gasteiger partial charge in [0, 0.05) is 11.0 Å². The Morgan fingerprint density at radius 2 is 2.25 bits per heavy atom. The third-order valence-corrected chi connectivity index (χ3v) is 2.45. The molecule has 0 aliphatic carbocycles. The van der Waals surface area contributed by atoms with Crippen molar-refractivity contribution in [3.8, 4) is 5.75 Å². The van der Waals surface area contributed by atoms with E-state index < -0.39 is 0 Å². The van der Waals surface area contributed by atoms with Gasteiger partial charge in [-0.2, -0.15) is 0 Å². The third kappa shape index (κ3) is 3.41. The summed E-state index contributed by atoms with van der Waals surface area (Å²) >= 11 is 3.34.